The zero-order chi connectivity index (χ0) is 12.6. The maximum Gasteiger partial charge on any atom is 0.285 e. The molecule has 96 valence electrons. The van der Waals surface area contributed by atoms with Gasteiger partial charge in [0.2, 0.25) is 0 Å². The van der Waals surface area contributed by atoms with Gasteiger partial charge in [-0.05, 0) is 19.4 Å². The molecule has 1 nitrogen and oxygen atoms in total. The number of alkyl halides is 3. The first kappa shape index (κ1) is 14.6. The number of benzene rings is 1. The Morgan fingerprint density at radius 1 is 1.06 bits per heavy atom. The molecular weight excluding hydrogens is 288 g/mol. The van der Waals surface area contributed by atoms with Crippen molar-refractivity contribution in [1.29, 1.82) is 0 Å². The van der Waals surface area contributed by atoms with Gasteiger partial charge in [-0.2, -0.15) is 8.78 Å². The van der Waals surface area contributed by atoms with Crippen LogP contribution in [0.2, 0.25) is 0 Å². The lowest BCUT2D eigenvalue weighted by Crippen LogP contribution is -2.31. The van der Waals surface area contributed by atoms with Gasteiger partial charge in [-0.3, -0.25) is 0 Å². The van der Waals surface area contributed by atoms with Crippen molar-refractivity contribution in [3.63, 3.8) is 0 Å². The smallest absolute Gasteiger partial charge is 0.285 e. The van der Waals surface area contributed by atoms with Gasteiger partial charge in [-0.25, -0.2) is 0 Å². The fourth-order valence-electron chi connectivity index (χ4n) is 1.55. The summed E-state index contributed by atoms with van der Waals surface area (Å²) in [6.45, 7) is 0.362. The molecule has 0 aliphatic heterocycles. The molecule has 0 aromatic heterocycles. The summed E-state index contributed by atoms with van der Waals surface area (Å²) in [7, 11) is 0. The van der Waals surface area contributed by atoms with Gasteiger partial charge < -0.3 is 5.32 Å². The third kappa shape index (κ3) is 5.59. The van der Waals surface area contributed by atoms with E-state index in [2.05, 4.69) is 21.2 Å². The highest BCUT2D eigenvalue weighted by Crippen LogP contribution is 2.26. The van der Waals surface area contributed by atoms with Crippen LogP contribution >= 0.6 is 15.9 Å². The highest BCUT2D eigenvalue weighted by atomic mass is 79.9. The van der Waals surface area contributed by atoms with Crippen LogP contribution in [0.15, 0.2) is 30.3 Å². The highest BCUT2D eigenvalue weighted by molar-refractivity contribution is 9.09. The normalized spacial score (nSPS) is 11.7. The van der Waals surface area contributed by atoms with Gasteiger partial charge in [0.25, 0.3) is 5.92 Å². The number of unbranched alkanes of at least 4 members (excludes halogenated alkanes) is 2. The van der Waals surface area contributed by atoms with E-state index in [9.17, 15) is 8.78 Å². The Balaban J connectivity index is 2.26. The lowest BCUT2D eigenvalue weighted by Gasteiger charge is -2.17. The van der Waals surface area contributed by atoms with E-state index in [1.807, 2.05) is 0 Å². The van der Waals surface area contributed by atoms with E-state index < -0.39 is 5.92 Å². The zero-order valence-corrected chi connectivity index (χ0v) is 11.3. The Morgan fingerprint density at radius 2 is 1.76 bits per heavy atom. The van der Waals surface area contributed by atoms with Crippen LogP contribution in [0.5, 0.6) is 0 Å². The van der Waals surface area contributed by atoms with E-state index in [1.54, 1.807) is 18.2 Å². The Kier molecular flexibility index (Phi) is 6.66. The Labute approximate surface area is 110 Å². The maximum atomic E-state index is 13.7. The molecule has 0 aliphatic rings. The van der Waals surface area contributed by atoms with Crippen molar-refractivity contribution in [2.45, 2.75) is 25.2 Å². The molecule has 1 rings (SSSR count). The van der Waals surface area contributed by atoms with Crippen LogP contribution in [-0.2, 0) is 5.92 Å². The van der Waals surface area contributed by atoms with Crippen molar-refractivity contribution in [3.8, 4) is 0 Å². The molecule has 0 fully saturated rings. The molecule has 0 radical (unpaired) electrons. The summed E-state index contributed by atoms with van der Waals surface area (Å²) < 4.78 is 27.3. The summed E-state index contributed by atoms with van der Waals surface area (Å²) in [6.07, 6.45) is 3.10. The van der Waals surface area contributed by atoms with E-state index in [0.29, 0.717) is 6.54 Å². The second-order valence-corrected chi connectivity index (χ2v) is 4.79. The average molecular weight is 306 g/mol. The third-order valence-corrected chi connectivity index (χ3v) is 3.09. The van der Waals surface area contributed by atoms with Gasteiger partial charge in [-0.15, -0.1) is 0 Å². The molecule has 1 aromatic rings. The molecule has 1 aromatic carbocycles. The summed E-state index contributed by atoms with van der Waals surface area (Å²) >= 11 is 3.34. The number of rotatable bonds is 8. The Hall–Kier alpha value is -0.480. The number of halogens is 3. The largest absolute Gasteiger partial charge is 0.311 e. The standard InChI is InChI=1S/C13H18BrF2N/c14-9-5-2-6-10-17-11-13(15,16)12-7-3-1-4-8-12/h1,3-4,7-8,17H,2,5-6,9-11H2. The van der Waals surface area contributed by atoms with Crippen molar-refractivity contribution >= 4 is 15.9 Å². The summed E-state index contributed by atoms with van der Waals surface area (Å²) in [6, 6.07) is 7.95. The predicted molar refractivity (Wildman–Crippen MR) is 70.9 cm³/mol. The fraction of sp³-hybridized carbons (Fsp3) is 0.538. The van der Waals surface area contributed by atoms with Crippen LogP contribution in [0.25, 0.3) is 0 Å². The monoisotopic (exact) mass is 305 g/mol. The number of nitrogens with one attached hydrogen (secondary N) is 1. The second kappa shape index (κ2) is 7.77. The van der Waals surface area contributed by atoms with E-state index in [4.69, 9.17) is 0 Å². The van der Waals surface area contributed by atoms with E-state index in [1.165, 1.54) is 12.1 Å². The molecule has 1 N–H and O–H groups in total. The minimum Gasteiger partial charge on any atom is -0.311 e. The van der Waals surface area contributed by atoms with Crippen LogP contribution in [0.4, 0.5) is 8.78 Å². The molecule has 0 spiro atoms. The molecule has 0 heterocycles. The van der Waals surface area contributed by atoms with Gasteiger partial charge >= 0.3 is 0 Å². The quantitative estimate of drug-likeness (QED) is 0.567. The topological polar surface area (TPSA) is 12.0 Å². The van der Waals surface area contributed by atoms with Crippen molar-refractivity contribution in [3.05, 3.63) is 35.9 Å². The van der Waals surface area contributed by atoms with Crippen LogP contribution in [0, 0.1) is 0 Å². The van der Waals surface area contributed by atoms with Crippen molar-refractivity contribution in [2.24, 2.45) is 0 Å². The average Bonchev–Trinajstić information content (AvgIpc) is 2.35. The van der Waals surface area contributed by atoms with Gasteiger partial charge in [0.15, 0.2) is 0 Å². The SMILES string of the molecule is FC(F)(CNCCCCCBr)c1ccccc1. The minimum absolute atomic E-state index is 0.0768. The first-order valence-corrected chi connectivity index (χ1v) is 6.99. The summed E-state index contributed by atoms with van der Waals surface area (Å²) in [4.78, 5) is 0. The van der Waals surface area contributed by atoms with Crippen LogP contribution in [0.1, 0.15) is 24.8 Å². The molecule has 0 bridgehead atoms. The van der Waals surface area contributed by atoms with E-state index >= 15 is 0 Å². The summed E-state index contributed by atoms with van der Waals surface area (Å²) in [5.41, 5.74) is 0.0768. The van der Waals surface area contributed by atoms with Gasteiger partial charge in [0, 0.05) is 10.9 Å². The molecule has 0 atom stereocenters. The number of hydrogen-bond acceptors (Lipinski definition) is 1. The Bertz CT molecular complexity index is 304. The molecule has 4 heteroatoms. The minimum atomic E-state index is -2.78. The molecule has 0 saturated carbocycles. The molecule has 0 aliphatic carbocycles. The maximum absolute atomic E-state index is 13.7. The summed E-state index contributed by atoms with van der Waals surface area (Å²) in [5.74, 6) is -2.78. The van der Waals surface area contributed by atoms with Gasteiger partial charge in [0.1, 0.15) is 0 Å². The second-order valence-electron chi connectivity index (χ2n) is 4.00. The van der Waals surface area contributed by atoms with E-state index in [-0.39, 0.29) is 12.1 Å². The van der Waals surface area contributed by atoms with Gasteiger partial charge in [-0.1, -0.05) is 52.7 Å². The first-order valence-electron chi connectivity index (χ1n) is 5.87. The van der Waals surface area contributed by atoms with Crippen LogP contribution in [0.3, 0.4) is 0 Å². The molecular formula is C13H18BrF2N. The van der Waals surface area contributed by atoms with Crippen molar-refractivity contribution in [2.75, 3.05) is 18.4 Å². The van der Waals surface area contributed by atoms with Crippen molar-refractivity contribution < 1.29 is 8.78 Å². The van der Waals surface area contributed by atoms with Crippen LogP contribution in [-0.4, -0.2) is 18.4 Å². The first-order chi connectivity index (χ1) is 8.17. The molecule has 17 heavy (non-hydrogen) atoms. The Morgan fingerprint density at radius 3 is 2.41 bits per heavy atom. The van der Waals surface area contributed by atoms with Gasteiger partial charge in [0.05, 0.1) is 6.54 Å². The zero-order valence-electron chi connectivity index (χ0n) is 9.76. The predicted octanol–water partition coefficient (Wildman–Crippen LogP) is 3.93. The van der Waals surface area contributed by atoms with Crippen molar-refractivity contribution in [1.82, 2.24) is 5.32 Å². The highest BCUT2D eigenvalue weighted by Gasteiger charge is 2.30. The molecule has 0 unspecified atom stereocenters. The van der Waals surface area contributed by atoms with E-state index in [0.717, 1.165) is 24.6 Å². The summed E-state index contributed by atoms with van der Waals surface area (Å²) in [5, 5.41) is 3.80. The number of hydrogen-bond donors (Lipinski definition) is 1. The van der Waals surface area contributed by atoms with Crippen LogP contribution < -0.4 is 5.32 Å². The lowest BCUT2D eigenvalue weighted by atomic mass is 10.1. The third-order valence-electron chi connectivity index (χ3n) is 2.53. The lowest BCUT2D eigenvalue weighted by molar-refractivity contribution is -0.00300. The fourth-order valence-corrected chi connectivity index (χ4v) is 1.95. The molecule has 0 saturated heterocycles. The molecule has 0 amide bonds.